The molecule has 0 aromatic heterocycles. The van der Waals surface area contributed by atoms with Crippen molar-refractivity contribution in [2.24, 2.45) is 0 Å². The van der Waals surface area contributed by atoms with E-state index in [0.717, 1.165) is 0 Å². The SMILES string of the molecule is CSC[C@H](N[C@H](c1ccc(Br)cc1)C(F)(F)F)C(=O)O. The van der Waals surface area contributed by atoms with Gasteiger partial charge >= 0.3 is 12.1 Å². The molecule has 20 heavy (non-hydrogen) atoms. The molecule has 1 aromatic carbocycles. The Labute approximate surface area is 127 Å². The minimum atomic E-state index is -4.57. The average Bonchev–Trinajstić information content (AvgIpc) is 2.34. The molecule has 3 nitrogen and oxygen atoms in total. The molecule has 0 radical (unpaired) electrons. The maximum Gasteiger partial charge on any atom is 0.407 e. The van der Waals surface area contributed by atoms with E-state index in [1.807, 2.05) is 0 Å². The number of aliphatic carboxylic acids is 1. The van der Waals surface area contributed by atoms with Crippen LogP contribution in [0, 0.1) is 0 Å². The summed E-state index contributed by atoms with van der Waals surface area (Å²) in [7, 11) is 0. The van der Waals surface area contributed by atoms with Crippen molar-refractivity contribution in [3.63, 3.8) is 0 Å². The number of carbonyl (C=O) groups is 1. The van der Waals surface area contributed by atoms with Crippen LogP contribution in [0.3, 0.4) is 0 Å². The molecule has 0 unspecified atom stereocenters. The summed E-state index contributed by atoms with van der Waals surface area (Å²) in [6, 6.07) is 2.32. The van der Waals surface area contributed by atoms with Crippen LogP contribution < -0.4 is 5.32 Å². The van der Waals surface area contributed by atoms with Crippen molar-refractivity contribution in [1.29, 1.82) is 0 Å². The summed E-state index contributed by atoms with van der Waals surface area (Å²) in [5.41, 5.74) is -0.0203. The monoisotopic (exact) mass is 371 g/mol. The van der Waals surface area contributed by atoms with E-state index < -0.39 is 24.2 Å². The van der Waals surface area contributed by atoms with Gasteiger partial charge in [0.1, 0.15) is 12.1 Å². The fourth-order valence-corrected chi connectivity index (χ4v) is 2.43. The Morgan fingerprint density at radius 3 is 2.35 bits per heavy atom. The number of carboxylic acids is 1. The number of nitrogens with one attached hydrogen (secondary N) is 1. The molecular weight excluding hydrogens is 359 g/mol. The maximum atomic E-state index is 13.1. The first kappa shape index (κ1) is 17.3. The van der Waals surface area contributed by atoms with Crippen LogP contribution in [-0.2, 0) is 4.79 Å². The van der Waals surface area contributed by atoms with Gasteiger partial charge in [0.2, 0.25) is 0 Å². The summed E-state index contributed by atoms with van der Waals surface area (Å²) in [5.74, 6) is -1.25. The number of alkyl halides is 3. The van der Waals surface area contributed by atoms with Gasteiger partial charge in [0.05, 0.1) is 0 Å². The largest absolute Gasteiger partial charge is 0.480 e. The van der Waals surface area contributed by atoms with E-state index in [9.17, 15) is 18.0 Å². The molecule has 0 saturated heterocycles. The van der Waals surface area contributed by atoms with Crippen LogP contribution in [0.4, 0.5) is 13.2 Å². The van der Waals surface area contributed by atoms with Crippen molar-refractivity contribution in [2.75, 3.05) is 12.0 Å². The van der Waals surface area contributed by atoms with E-state index in [1.165, 1.54) is 36.0 Å². The van der Waals surface area contributed by atoms with Gasteiger partial charge < -0.3 is 5.11 Å². The molecule has 2 N–H and O–H groups in total. The number of hydrogen-bond donors (Lipinski definition) is 2. The van der Waals surface area contributed by atoms with Crippen molar-refractivity contribution in [1.82, 2.24) is 5.32 Å². The van der Waals surface area contributed by atoms with Gasteiger partial charge in [0.25, 0.3) is 0 Å². The van der Waals surface area contributed by atoms with Gasteiger partial charge in [-0.2, -0.15) is 24.9 Å². The summed E-state index contributed by atoms with van der Waals surface area (Å²) in [6.45, 7) is 0. The highest BCUT2D eigenvalue weighted by molar-refractivity contribution is 9.10. The molecule has 0 aliphatic heterocycles. The molecule has 8 heteroatoms. The summed E-state index contributed by atoms with van der Waals surface area (Å²) in [6.07, 6.45) is -2.93. The molecule has 0 fully saturated rings. The molecule has 112 valence electrons. The van der Waals surface area contributed by atoms with Crippen LogP contribution >= 0.6 is 27.7 Å². The van der Waals surface area contributed by atoms with Crippen LogP contribution in [0.5, 0.6) is 0 Å². The Morgan fingerprint density at radius 2 is 1.95 bits per heavy atom. The van der Waals surface area contributed by atoms with Gasteiger partial charge in [-0.1, -0.05) is 28.1 Å². The van der Waals surface area contributed by atoms with Crippen LogP contribution in [-0.4, -0.2) is 35.3 Å². The van der Waals surface area contributed by atoms with Crippen molar-refractivity contribution in [2.45, 2.75) is 18.3 Å². The summed E-state index contributed by atoms with van der Waals surface area (Å²) >= 11 is 4.31. The fraction of sp³-hybridized carbons (Fsp3) is 0.417. The number of rotatable bonds is 6. The molecule has 0 bridgehead atoms. The smallest absolute Gasteiger partial charge is 0.407 e. The van der Waals surface area contributed by atoms with Crippen molar-refractivity contribution >= 4 is 33.7 Å². The van der Waals surface area contributed by atoms with E-state index in [-0.39, 0.29) is 11.3 Å². The van der Waals surface area contributed by atoms with Crippen molar-refractivity contribution in [3.8, 4) is 0 Å². The van der Waals surface area contributed by atoms with Gasteiger partial charge in [0, 0.05) is 10.2 Å². The van der Waals surface area contributed by atoms with E-state index in [2.05, 4.69) is 21.2 Å². The number of thioether (sulfide) groups is 1. The number of carboxylic acid groups (broad SMARTS) is 1. The summed E-state index contributed by atoms with van der Waals surface area (Å²) < 4.78 is 39.9. The third-order valence-corrected chi connectivity index (χ3v) is 3.73. The molecular formula is C12H13BrF3NO2S. The number of benzene rings is 1. The predicted molar refractivity (Wildman–Crippen MR) is 75.9 cm³/mol. The van der Waals surface area contributed by atoms with E-state index in [0.29, 0.717) is 4.47 Å². The first-order valence-electron chi connectivity index (χ1n) is 5.55. The Balaban J connectivity index is 3.01. The Bertz CT molecular complexity index is 453. The third kappa shape index (κ3) is 4.99. The number of halogens is 4. The van der Waals surface area contributed by atoms with Crippen LogP contribution in [0.25, 0.3) is 0 Å². The van der Waals surface area contributed by atoms with Gasteiger partial charge in [-0.3, -0.25) is 10.1 Å². The lowest BCUT2D eigenvalue weighted by Crippen LogP contribution is -2.46. The molecule has 1 aromatic rings. The zero-order chi connectivity index (χ0) is 15.3. The quantitative estimate of drug-likeness (QED) is 0.803. The summed E-state index contributed by atoms with van der Waals surface area (Å²) in [4.78, 5) is 11.0. The Hall–Kier alpha value is -0.730. The van der Waals surface area contributed by atoms with Crippen LogP contribution in [0.15, 0.2) is 28.7 Å². The molecule has 0 saturated carbocycles. The zero-order valence-corrected chi connectivity index (χ0v) is 12.8. The van der Waals surface area contributed by atoms with E-state index in [4.69, 9.17) is 5.11 Å². The minimum absolute atomic E-state index is 0.0203. The van der Waals surface area contributed by atoms with Gasteiger partial charge in [-0.15, -0.1) is 0 Å². The first-order chi connectivity index (χ1) is 9.25. The molecule has 0 amide bonds. The maximum absolute atomic E-state index is 13.1. The molecule has 0 spiro atoms. The van der Waals surface area contributed by atoms with Crippen molar-refractivity contribution in [3.05, 3.63) is 34.3 Å². The van der Waals surface area contributed by atoms with Crippen LogP contribution in [0.2, 0.25) is 0 Å². The molecule has 1 rings (SSSR count). The van der Waals surface area contributed by atoms with Gasteiger partial charge in [-0.25, -0.2) is 0 Å². The highest BCUT2D eigenvalue weighted by Gasteiger charge is 2.42. The van der Waals surface area contributed by atoms with Crippen LogP contribution in [0.1, 0.15) is 11.6 Å². The topological polar surface area (TPSA) is 49.3 Å². The van der Waals surface area contributed by atoms with Gasteiger partial charge in [-0.05, 0) is 24.0 Å². The van der Waals surface area contributed by atoms with E-state index >= 15 is 0 Å². The standard InChI is InChI=1S/C12H13BrF3NO2S/c1-20-6-9(11(18)19)17-10(12(14,15)16)7-2-4-8(13)5-3-7/h2-5,9-10,17H,6H2,1H3,(H,18,19)/t9-,10+/m0/s1. The Kier molecular flexibility index (Phi) is 6.35. The minimum Gasteiger partial charge on any atom is -0.480 e. The average molecular weight is 372 g/mol. The summed E-state index contributed by atoms with van der Waals surface area (Å²) in [5, 5.41) is 11.1. The molecule has 2 atom stereocenters. The lowest BCUT2D eigenvalue weighted by atomic mass is 10.1. The second-order valence-corrected chi connectivity index (χ2v) is 5.87. The predicted octanol–water partition coefficient (Wildman–Crippen LogP) is 3.46. The zero-order valence-electron chi connectivity index (χ0n) is 10.4. The third-order valence-electron chi connectivity index (χ3n) is 2.53. The second kappa shape index (κ2) is 7.33. The fourth-order valence-electron chi connectivity index (χ4n) is 1.59. The lowest BCUT2D eigenvalue weighted by molar-refractivity contribution is -0.162. The Morgan fingerprint density at radius 1 is 1.40 bits per heavy atom. The first-order valence-corrected chi connectivity index (χ1v) is 7.74. The number of hydrogen-bond acceptors (Lipinski definition) is 3. The van der Waals surface area contributed by atoms with E-state index in [1.54, 1.807) is 6.26 Å². The highest BCUT2D eigenvalue weighted by atomic mass is 79.9. The second-order valence-electron chi connectivity index (χ2n) is 4.04. The molecule has 0 heterocycles. The van der Waals surface area contributed by atoms with Gasteiger partial charge in [0.15, 0.2) is 0 Å². The van der Waals surface area contributed by atoms with Crippen molar-refractivity contribution < 1.29 is 23.1 Å². The highest BCUT2D eigenvalue weighted by Crippen LogP contribution is 2.33. The lowest BCUT2D eigenvalue weighted by Gasteiger charge is -2.25. The molecule has 0 aliphatic rings. The molecule has 0 aliphatic carbocycles. The normalized spacial score (nSPS) is 14.8.